The molecule has 2 heterocycles. The van der Waals surface area contributed by atoms with Gasteiger partial charge in [0.15, 0.2) is 5.75 Å². The molecule has 54 heavy (non-hydrogen) atoms. The third-order valence-electron chi connectivity index (χ3n) is 8.97. The average Bonchev–Trinajstić information content (AvgIpc) is 3.10. The first kappa shape index (κ1) is 40.4. The fraction of sp³-hybridized carbons (Fsp3) is 0.390. The molecule has 0 aliphatic carbocycles. The van der Waals surface area contributed by atoms with E-state index < -0.39 is 24.1 Å². The van der Waals surface area contributed by atoms with Crippen LogP contribution < -0.4 is 20.1 Å². The van der Waals surface area contributed by atoms with Crippen LogP contribution in [0.25, 0.3) is 22.3 Å². The fourth-order valence-corrected chi connectivity index (χ4v) is 6.57. The summed E-state index contributed by atoms with van der Waals surface area (Å²) in [5, 5.41) is 5.61. The third-order valence-corrected chi connectivity index (χ3v) is 9.41. The van der Waals surface area contributed by atoms with Gasteiger partial charge in [-0.15, -0.1) is 13.2 Å². The van der Waals surface area contributed by atoms with Crippen LogP contribution in [-0.2, 0) is 11.3 Å². The van der Waals surface area contributed by atoms with Crippen molar-refractivity contribution in [2.45, 2.75) is 78.3 Å². The van der Waals surface area contributed by atoms with Crippen LogP contribution in [0.3, 0.4) is 0 Å². The molecule has 1 fully saturated rings. The molecule has 1 aliphatic heterocycles. The number of aromatic nitrogens is 1. The maximum Gasteiger partial charge on any atom is 0.573 e. The fourth-order valence-electron chi connectivity index (χ4n) is 6.40. The Bertz CT molecular complexity index is 1890. The van der Waals surface area contributed by atoms with E-state index in [1.165, 1.54) is 17.7 Å². The van der Waals surface area contributed by atoms with Gasteiger partial charge in [0.05, 0.1) is 5.69 Å². The molecule has 0 spiro atoms. The second kappa shape index (κ2) is 17.6. The van der Waals surface area contributed by atoms with Crippen LogP contribution in [0, 0.1) is 13.8 Å². The standard InChI is InChI=1S/C41H46ClF3N4O5/c1-26-35(37(36(42)27(2)48-26)52-38(50)46-21-6-22-47-39(51)54-40(3,4)5)33-13-11-30(12-14-33)29-9-7-28(8-10-29)25-49-23-19-32(20-24-49)31-15-17-34(18-16-31)53-41(43,44)45/h7-18,32H,6,19-25H2,1-5H3,(H,46,50)(H,47,51). The van der Waals surface area contributed by atoms with Crippen LogP contribution in [0.1, 0.15) is 68.5 Å². The summed E-state index contributed by atoms with van der Waals surface area (Å²) in [6.07, 6.45) is -3.56. The summed E-state index contributed by atoms with van der Waals surface area (Å²) in [5.41, 5.74) is 6.31. The van der Waals surface area contributed by atoms with Gasteiger partial charge in [-0.25, -0.2) is 9.59 Å². The lowest BCUT2D eigenvalue weighted by molar-refractivity contribution is -0.274. The molecule has 5 rings (SSSR count). The van der Waals surface area contributed by atoms with Crippen molar-refractivity contribution in [1.82, 2.24) is 20.5 Å². The topological polar surface area (TPSA) is 102 Å². The molecule has 0 unspecified atom stereocenters. The number of benzene rings is 3. The Morgan fingerprint density at radius 2 is 1.37 bits per heavy atom. The number of halogens is 4. The number of hydrogen-bond acceptors (Lipinski definition) is 7. The van der Waals surface area contributed by atoms with Crippen molar-refractivity contribution in [3.63, 3.8) is 0 Å². The first-order chi connectivity index (χ1) is 25.5. The van der Waals surface area contributed by atoms with E-state index in [0.717, 1.165) is 54.7 Å². The van der Waals surface area contributed by atoms with Crippen LogP contribution >= 0.6 is 11.6 Å². The van der Waals surface area contributed by atoms with Crippen molar-refractivity contribution in [3.05, 3.63) is 100 Å². The molecular weight excluding hydrogens is 721 g/mol. The number of alkyl carbamates (subject to hydrolysis) is 1. The average molecular weight is 767 g/mol. The maximum atomic E-state index is 12.8. The Balaban J connectivity index is 1.15. The van der Waals surface area contributed by atoms with E-state index in [1.54, 1.807) is 39.8 Å². The number of aryl methyl sites for hydroxylation is 2. The molecule has 3 aromatic carbocycles. The largest absolute Gasteiger partial charge is 0.573 e. The van der Waals surface area contributed by atoms with Crippen molar-refractivity contribution >= 4 is 23.8 Å². The lowest BCUT2D eigenvalue weighted by Gasteiger charge is -2.32. The summed E-state index contributed by atoms with van der Waals surface area (Å²) in [6, 6.07) is 22.6. The minimum atomic E-state index is -4.69. The summed E-state index contributed by atoms with van der Waals surface area (Å²) in [6.45, 7) is 12.1. The molecule has 0 saturated carbocycles. The Kier molecular flexibility index (Phi) is 13.1. The zero-order valence-electron chi connectivity index (χ0n) is 31.1. The van der Waals surface area contributed by atoms with E-state index in [0.29, 0.717) is 35.8 Å². The van der Waals surface area contributed by atoms with Gasteiger partial charge >= 0.3 is 18.5 Å². The molecule has 1 saturated heterocycles. The number of ether oxygens (including phenoxy) is 3. The summed E-state index contributed by atoms with van der Waals surface area (Å²) >= 11 is 6.64. The molecule has 13 heteroatoms. The molecule has 9 nitrogen and oxygen atoms in total. The van der Waals surface area contributed by atoms with Gasteiger partial charge < -0.3 is 24.8 Å². The first-order valence-corrected chi connectivity index (χ1v) is 18.3. The van der Waals surface area contributed by atoms with Gasteiger partial charge in [0, 0.05) is 30.9 Å². The SMILES string of the molecule is Cc1nc(C)c(-c2ccc(-c3ccc(CN4CCC(c5ccc(OC(F)(F)F)cc5)CC4)cc3)cc2)c(OC(=O)NCCCNC(=O)OC(C)(C)C)c1Cl. The van der Waals surface area contributed by atoms with Gasteiger partial charge in [0.2, 0.25) is 0 Å². The molecule has 0 bridgehead atoms. The molecule has 2 N–H and O–H groups in total. The van der Waals surface area contributed by atoms with Crippen molar-refractivity contribution in [2.75, 3.05) is 26.2 Å². The second-order valence-corrected chi connectivity index (χ2v) is 14.7. The Morgan fingerprint density at radius 1 is 0.815 bits per heavy atom. The molecule has 2 amide bonds. The zero-order valence-corrected chi connectivity index (χ0v) is 31.9. The van der Waals surface area contributed by atoms with E-state index in [9.17, 15) is 22.8 Å². The number of pyridine rings is 1. The van der Waals surface area contributed by atoms with E-state index in [4.69, 9.17) is 21.1 Å². The molecule has 0 radical (unpaired) electrons. The predicted octanol–water partition coefficient (Wildman–Crippen LogP) is 9.97. The smallest absolute Gasteiger partial charge is 0.444 e. The van der Waals surface area contributed by atoms with Gasteiger partial charge in [-0.2, -0.15) is 0 Å². The molecule has 1 aromatic heterocycles. The highest BCUT2D eigenvalue weighted by molar-refractivity contribution is 6.33. The molecule has 0 atom stereocenters. The van der Waals surface area contributed by atoms with Gasteiger partial charge in [-0.1, -0.05) is 72.3 Å². The lowest BCUT2D eigenvalue weighted by Crippen LogP contribution is -2.35. The van der Waals surface area contributed by atoms with Gasteiger partial charge in [0.1, 0.15) is 16.4 Å². The van der Waals surface area contributed by atoms with Crippen molar-refractivity contribution < 1.29 is 37.0 Å². The highest BCUT2D eigenvalue weighted by Gasteiger charge is 2.31. The number of nitrogens with zero attached hydrogens (tertiary/aromatic N) is 2. The van der Waals surface area contributed by atoms with Crippen LogP contribution in [0.5, 0.6) is 11.5 Å². The number of amides is 2. The van der Waals surface area contributed by atoms with Crippen LogP contribution in [0.15, 0.2) is 72.8 Å². The third kappa shape index (κ3) is 11.6. The number of hydrogen-bond donors (Lipinski definition) is 2. The zero-order chi connectivity index (χ0) is 39.0. The van der Waals surface area contributed by atoms with E-state index >= 15 is 0 Å². The van der Waals surface area contributed by atoms with Crippen molar-refractivity contribution in [2.24, 2.45) is 0 Å². The summed E-state index contributed by atoms with van der Waals surface area (Å²) in [7, 11) is 0. The molecular formula is C41H46ClF3N4O5. The van der Waals surface area contributed by atoms with Crippen LogP contribution in [0.4, 0.5) is 22.8 Å². The van der Waals surface area contributed by atoms with Gasteiger partial charge in [0.25, 0.3) is 0 Å². The number of rotatable bonds is 11. The monoisotopic (exact) mass is 766 g/mol. The minimum absolute atomic E-state index is 0.201. The van der Waals surface area contributed by atoms with Crippen LogP contribution in [0.2, 0.25) is 5.02 Å². The number of carbonyl (C=O) groups is 2. The van der Waals surface area contributed by atoms with Gasteiger partial charge in [-0.3, -0.25) is 9.88 Å². The number of piperidine rings is 1. The summed E-state index contributed by atoms with van der Waals surface area (Å²) < 4.78 is 52.5. The number of nitrogens with one attached hydrogen (secondary N) is 2. The Morgan fingerprint density at radius 3 is 1.94 bits per heavy atom. The normalized spacial score (nSPS) is 14.0. The number of alkyl halides is 3. The summed E-state index contributed by atoms with van der Waals surface area (Å²) in [4.78, 5) is 31.6. The van der Waals surface area contributed by atoms with Crippen molar-refractivity contribution in [1.29, 1.82) is 0 Å². The molecule has 288 valence electrons. The molecule has 4 aromatic rings. The highest BCUT2D eigenvalue weighted by atomic mass is 35.5. The molecule has 1 aliphatic rings. The highest BCUT2D eigenvalue weighted by Crippen LogP contribution is 2.40. The Labute approximate surface area is 319 Å². The van der Waals surface area contributed by atoms with E-state index in [1.807, 2.05) is 31.2 Å². The summed E-state index contributed by atoms with van der Waals surface area (Å²) in [5.74, 6) is 0.321. The van der Waals surface area contributed by atoms with Gasteiger partial charge in [-0.05, 0) is 113 Å². The quantitative estimate of drug-likeness (QED) is 0.147. The van der Waals surface area contributed by atoms with Crippen molar-refractivity contribution in [3.8, 4) is 33.8 Å². The second-order valence-electron chi connectivity index (χ2n) is 14.3. The van der Waals surface area contributed by atoms with E-state index in [-0.39, 0.29) is 23.1 Å². The predicted molar refractivity (Wildman–Crippen MR) is 203 cm³/mol. The number of carbonyl (C=O) groups excluding carboxylic acids is 2. The Hall–Kier alpha value is -4.81. The maximum absolute atomic E-state index is 12.8. The van der Waals surface area contributed by atoms with E-state index in [2.05, 4.69) is 49.5 Å². The first-order valence-electron chi connectivity index (χ1n) is 17.9. The lowest BCUT2D eigenvalue weighted by atomic mass is 9.89. The van der Waals surface area contributed by atoms with Crippen LogP contribution in [-0.4, -0.2) is 60.2 Å². The number of likely N-dealkylation sites (tertiary alicyclic amines) is 1. The minimum Gasteiger partial charge on any atom is -0.444 e.